The molecule has 0 aliphatic rings. The third-order valence-electron chi connectivity index (χ3n) is 10.6. The molecule has 0 saturated heterocycles. The molecule has 0 bridgehead atoms. The molecule has 58 heavy (non-hydrogen) atoms. The van der Waals surface area contributed by atoms with E-state index >= 15 is 0 Å². The number of benzene rings is 8. The van der Waals surface area contributed by atoms with Crippen LogP contribution in [0.4, 0.5) is 0 Å². The van der Waals surface area contributed by atoms with Crippen molar-refractivity contribution in [3.05, 3.63) is 206 Å². The van der Waals surface area contributed by atoms with Gasteiger partial charge in [0.15, 0.2) is 17.5 Å². The van der Waals surface area contributed by atoms with E-state index in [9.17, 15) is 0 Å². The molecule has 0 unspecified atom stereocenters. The quantitative estimate of drug-likeness (QED) is 0.145. The normalized spacial score (nSPS) is 11.7. The Hall–Kier alpha value is -7.69. The first-order valence-electron chi connectivity index (χ1n) is 19.5. The Morgan fingerprint density at radius 1 is 0.397 bits per heavy atom. The number of hydrogen-bond acceptors (Lipinski definition) is 4. The highest BCUT2D eigenvalue weighted by atomic mass is 16.3. The summed E-state index contributed by atoms with van der Waals surface area (Å²) in [5, 5.41) is 4.62. The maximum Gasteiger partial charge on any atom is 0.164 e. The lowest BCUT2D eigenvalue weighted by Crippen LogP contribution is -2.00. The molecule has 0 N–H and O–H groups in total. The molecule has 10 rings (SSSR count). The Morgan fingerprint density at radius 3 is 1.67 bits per heavy atom. The highest BCUT2D eigenvalue weighted by Crippen LogP contribution is 2.41. The van der Waals surface area contributed by atoms with E-state index < -0.39 is 0 Å². The van der Waals surface area contributed by atoms with Crippen LogP contribution in [0.3, 0.4) is 0 Å². The topological polar surface area (TPSA) is 51.8 Å². The summed E-state index contributed by atoms with van der Waals surface area (Å²) in [6.45, 7) is 2.03. The van der Waals surface area contributed by atoms with Crippen LogP contribution in [0.2, 0.25) is 0 Å². The van der Waals surface area contributed by atoms with Gasteiger partial charge in [0.05, 0.1) is 0 Å². The van der Waals surface area contributed by atoms with Crippen LogP contribution in [-0.2, 0) is 0 Å². The Labute approximate surface area is 337 Å². The number of allylic oxidation sites excluding steroid dienone is 3. The minimum atomic E-state index is 0.627. The summed E-state index contributed by atoms with van der Waals surface area (Å²) in [7, 11) is 0. The maximum absolute atomic E-state index is 6.61. The number of aromatic nitrogens is 3. The predicted molar refractivity (Wildman–Crippen MR) is 241 cm³/mol. The summed E-state index contributed by atoms with van der Waals surface area (Å²) in [5.41, 5.74) is 12.3. The van der Waals surface area contributed by atoms with Gasteiger partial charge in [-0.2, -0.15) is 0 Å². The van der Waals surface area contributed by atoms with Gasteiger partial charge in [-0.05, 0) is 93.0 Å². The zero-order valence-corrected chi connectivity index (χ0v) is 31.9. The lowest BCUT2D eigenvalue weighted by atomic mass is 9.92. The van der Waals surface area contributed by atoms with Crippen molar-refractivity contribution in [2.45, 2.75) is 6.92 Å². The summed E-state index contributed by atoms with van der Waals surface area (Å²) >= 11 is 0. The third-order valence-corrected chi connectivity index (χ3v) is 10.6. The van der Waals surface area contributed by atoms with Crippen LogP contribution in [0, 0.1) is 0 Å². The zero-order valence-electron chi connectivity index (χ0n) is 31.9. The molecular weight excluding hydrogens is 707 g/mol. The fourth-order valence-electron chi connectivity index (χ4n) is 7.79. The third kappa shape index (κ3) is 6.67. The summed E-state index contributed by atoms with van der Waals surface area (Å²) in [6, 6.07) is 63.4. The van der Waals surface area contributed by atoms with Crippen LogP contribution in [0.1, 0.15) is 12.5 Å². The largest absolute Gasteiger partial charge is 0.456 e. The molecule has 0 aliphatic carbocycles. The zero-order chi connectivity index (χ0) is 38.8. The standard InChI is InChI=1S/C54H37N3O/c1-2-3-6-22-43-34-50-48(35-47(43)44-30-29-36-16-11-12-21-39(36)31-44)51-46(27-15-28-49(51)58-50)42-25-13-23-40(32-42)41-24-14-26-45(33-41)54-56-52(37-17-7-4-8-18-37)55-53(57-54)38-19-9-5-10-20-38/h2-35H,1H3/b3-2-,22-6-. The molecule has 8 aromatic carbocycles. The molecule has 4 nitrogen and oxygen atoms in total. The van der Waals surface area contributed by atoms with Gasteiger partial charge >= 0.3 is 0 Å². The van der Waals surface area contributed by atoms with Gasteiger partial charge in [0.25, 0.3) is 0 Å². The molecule has 2 aromatic heterocycles. The first kappa shape index (κ1) is 34.8. The predicted octanol–water partition coefficient (Wildman–Crippen LogP) is 14.5. The number of nitrogens with zero attached hydrogens (tertiary/aromatic N) is 3. The van der Waals surface area contributed by atoms with E-state index in [0.29, 0.717) is 17.5 Å². The van der Waals surface area contributed by atoms with Gasteiger partial charge in [-0.15, -0.1) is 0 Å². The summed E-state index contributed by atoms with van der Waals surface area (Å²) < 4.78 is 6.61. The van der Waals surface area contributed by atoms with Crippen molar-refractivity contribution >= 4 is 38.8 Å². The average Bonchev–Trinajstić information content (AvgIpc) is 3.67. The fourth-order valence-corrected chi connectivity index (χ4v) is 7.79. The van der Waals surface area contributed by atoms with E-state index in [2.05, 4.69) is 140 Å². The molecular formula is C54H37N3O. The van der Waals surface area contributed by atoms with Crippen molar-refractivity contribution in [1.82, 2.24) is 15.0 Å². The van der Waals surface area contributed by atoms with Gasteiger partial charge in [-0.25, -0.2) is 15.0 Å². The molecule has 10 aromatic rings. The molecule has 0 aliphatic heterocycles. The summed E-state index contributed by atoms with van der Waals surface area (Å²) in [4.78, 5) is 14.9. The highest BCUT2D eigenvalue weighted by Gasteiger charge is 2.17. The molecule has 2 heterocycles. The Morgan fingerprint density at radius 2 is 0.966 bits per heavy atom. The van der Waals surface area contributed by atoms with Crippen LogP contribution in [0.25, 0.3) is 106 Å². The first-order chi connectivity index (χ1) is 28.7. The van der Waals surface area contributed by atoms with Crippen LogP contribution in [0.15, 0.2) is 205 Å². The van der Waals surface area contributed by atoms with E-state index in [1.165, 1.54) is 16.3 Å². The number of hydrogen-bond donors (Lipinski definition) is 0. The molecule has 4 heteroatoms. The monoisotopic (exact) mass is 743 g/mol. The Kier molecular flexibility index (Phi) is 9.05. The van der Waals surface area contributed by atoms with Crippen LogP contribution >= 0.6 is 0 Å². The summed E-state index contributed by atoms with van der Waals surface area (Å²) in [5.74, 6) is 1.91. The van der Waals surface area contributed by atoms with Crippen molar-refractivity contribution < 1.29 is 4.42 Å². The lowest BCUT2D eigenvalue weighted by molar-refractivity contribution is 0.669. The van der Waals surface area contributed by atoms with E-state index in [-0.39, 0.29) is 0 Å². The molecule has 0 saturated carbocycles. The van der Waals surface area contributed by atoms with E-state index in [1.807, 2.05) is 73.7 Å². The molecule has 0 radical (unpaired) electrons. The molecule has 0 fully saturated rings. The first-order valence-corrected chi connectivity index (χ1v) is 19.5. The van der Waals surface area contributed by atoms with Crippen LogP contribution in [0.5, 0.6) is 0 Å². The maximum atomic E-state index is 6.61. The highest BCUT2D eigenvalue weighted by molar-refractivity contribution is 6.14. The van der Waals surface area contributed by atoms with E-state index in [4.69, 9.17) is 19.4 Å². The Bertz CT molecular complexity index is 3120. The van der Waals surface area contributed by atoms with E-state index in [1.54, 1.807) is 0 Å². The van der Waals surface area contributed by atoms with Crippen LogP contribution in [-0.4, -0.2) is 15.0 Å². The number of fused-ring (bicyclic) bond motifs is 4. The fraction of sp³-hybridized carbons (Fsp3) is 0.0185. The minimum Gasteiger partial charge on any atom is -0.456 e. The molecule has 0 atom stereocenters. The summed E-state index contributed by atoms with van der Waals surface area (Å²) in [6.07, 6.45) is 8.35. The van der Waals surface area contributed by atoms with Gasteiger partial charge in [0, 0.05) is 27.5 Å². The second-order valence-electron chi connectivity index (χ2n) is 14.4. The second-order valence-corrected chi connectivity index (χ2v) is 14.4. The lowest BCUT2D eigenvalue weighted by Gasteiger charge is -2.11. The SMILES string of the molecule is C/C=C\C=C/c1cc2oc3cccc(-c4cccc(-c5cccc(-c6nc(-c7ccccc7)nc(-c7ccccc7)n6)c5)c4)c3c2cc1-c1ccc2ccccc2c1. The van der Waals surface area contributed by atoms with Crippen molar-refractivity contribution in [3.63, 3.8) is 0 Å². The van der Waals surface area contributed by atoms with Crippen molar-refractivity contribution in [2.75, 3.05) is 0 Å². The van der Waals surface area contributed by atoms with Gasteiger partial charge in [-0.1, -0.05) is 170 Å². The van der Waals surface area contributed by atoms with Gasteiger partial charge < -0.3 is 4.42 Å². The molecule has 0 amide bonds. The van der Waals surface area contributed by atoms with Gasteiger partial charge in [0.2, 0.25) is 0 Å². The van der Waals surface area contributed by atoms with E-state index in [0.717, 1.165) is 72.0 Å². The second kappa shape index (κ2) is 15.1. The minimum absolute atomic E-state index is 0.627. The average molecular weight is 744 g/mol. The smallest absolute Gasteiger partial charge is 0.164 e. The van der Waals surface area contributed by atoms with Crippen LogP contribution < -0.4 is 0 Å². The number of rotatable bonds is 8. The Balaban J connectivity index is 1.08. The van der Waals surface area contributed by atoms with Crippen molar-refractivity contribution in [2.24, 2.45) is 0 Å². The van der Waals surface area contributed by atoms with Gasteiger partial charge in [-0.3, -0.25) is 0 Å². The van der Waals surface area contributed by atoms with Crippen molar-refractivity contribution in [3.8, 4) is 67.5 Å². The number of furan rings is 1. The van der Waals surface area contributed by atoms with Crippen molar-refractivity contribution in [1.29, 1.82) is 0 Å². The molecule has 0 spiro atoms. The molecule has 274 valence electrons. The van der Waals surface area contributed by atoms with Gasteiger partial charge in [0.1, 0.15) is 11.2 Å².